The fraction of sp³-hybridized carbons (Fsp3) is 0.250. The number of ketones is 1. The van der Waals surface area contributed by atoms with E-state index in [1.54, 1.807) is 6.07 Å². The lowest BCUT2D eigenvalue weighted by molar-refractivity contribution is -0.114. The largest absolute Gasteiger partial charge is 0.490 e. The number of anilines is 1. The lowest BCUT2D eigenvalue weighted by atomic mass is 10.1. The lowest BCUT2D eigenvalue weighted by Gasteiger charge is -2.10. The molecule has 8 heteroatoms. The van der Waals surface area contributed by atoms with Gasteiger partial charge in [0.1, 0.15) is 5.82 Å². The van der Waals surface area contributed by atoms with Crippen LogP contribution in [0.2, 0.25) is 0 Å². The fourth-order valence-corrected chi connectivity index (χ4v) is 2.60. The molecule has 3 rings (SSSR count). The second-order valence-electron chi connectivity index (χ2n) is 6.09. The minimum atomic E-state index is -0.817. The van der Waals surface area contributed by atoms with Crippen LogP contribution in [0.3, 0.4) is 0 Å². The van der Waals surface area contributed by atoms with Crippen LogP contribution >= 0.6 is 0 Å². The summed E-state index contributed by atoms with van der Waals surface area (Å²) < 4.78 is 30.1. The zero-order chi connectivity index (χ0) is 20.1. The van der Waals surface area contributed by atoms with Gasteiger partial charge in [0.2, 0.25) is 11.7 Å². The molecule has 1 N–H and O–H groups in total. The Kier molecular flexibility index (Phi) is 5.88. The van der Waals surface area contributed by atoms with E-state index >= 15 is 0 Å². The van der Waals surface area contributed by atoms with E-state index in [0.29, 0.717) is 24.7 Å². The van der Waals surface area contributed by atoms with Crippen LogP contribution in [0.15, 0.2) is 36.4 Å². The highest BCUT2D eigenvalue weighted by Gasteiger charge is 2.18. The molecule has 0 unspecified atom stereocenters. The highest BCUT2D eigenvalue weighted by Crippen LogP contribution is 2.30. The maximum Gasteiger partial charge on any atom is 0.338 e. The fourth-order valence-electron chi connectivity index (χ4n) is 2.60. The first-order valence-corrected chi connectivity index (χ1v) is 8.61. The predicted molar refractivity (Wildman–Crippen MR) is 97.4 cm³/mol. The summed E-state index contributed by atoms with van der Waals surface area (Å²) in [6.07, 6.45) is 0.731. The van der Waals surface area contributed by atoms with Crippen LogP contribution in [0.1, 0.15) is 34.1 Å². The number of amides is 1. The number of Topliss-reactive ketones (excluding diaryl/α,β-unsaturated/α-hetero) is 1. The van der Waals surface area contributed by atoms with Crippen LogP contribution < -0.4 is 14.8 Å². The monoisotopic (exact) mass is 387 g/mol. The first kappa shape index (κ1) is 19.3. The van der Waals surface area contributed by atoms with Gasteiger partial charge in [-0.1, -0.05) is 0 Å². The molecule has 0 aliphatic carbocycles. The summed E-state index contributed by atoms with van der Waals surface area (Å²) >= 11 is 0. The number of carbonyl (C=O) groups excluding carboxylic acids is 3. The molecule has 0 atom stereocenters. The van der Waals surface area contributed by atoms with E-state index in [-0.39, 0.29) is 22.7 Å². The number of esters is 1. The van der Waals surface area contributed by atoms with Crippen molar-refractivity contribution < 1.29 is 33.0 Å². The summed E-state index contributed by atoms with van der Waals surface area (Å²) in [5.74, 6) is -1.65. The third-order valence-electron chi connectivity index (χ3n) is 3.91. The number of carbonyl (C=O) groups is 3. The van der Waals surface area contributed by atoms with Crippen molar-refractivity contribution in [2.24, 2.45) is 0 Å². The number of benzene rings is 2. The summed E-state index contributed by atoms with van der Waals surface area (Å²) in [6.45, 7) is 1.66. The number of hydrogen-bond donors (Lipinski definition) is 1. The van der Waals surface area contributed by atoms with E-state index in [4.69, 9.17) is 14.2 Å². The molecule has 1 aliphatic heterocycles. The lowest BCUT2D eigenvalue weighted by Crippen LogP contribution is -2.16. The topological polar surface area (TPSA) is 90.9 Å². The minimum Gasteiger partial charge on any atom is -0.490 e. The summed E-state index contributed by atoms with van der Waals surface area (Å²) in [6, 6.07) is 8.23. The van der Waals surface area contributed by atoms with Crippen LogP contribution in [0.5, 0.6) is 11.5 Å². The molecular formula is C20H18FNO6. The van der Waals surface area contributed by atoms with Gasteiger partial charge in [-0.2, -0.15) is 0 Å². The van der Waals surface area contributed by atoms with E-state index in [1.165, 1.54) is 31.2 Å². The first-order valence-electron chi connectivity index (χ1n) is 8.61. The second kappa shape index (κ2) is 8.51. The molecule has 1 heterocycles. The van der Waals surface area contributed by atoms with Gasteiger partial charge in [-0.3, -0.25) is 9.59 Å². The molecule has 7 nitrogen and oxygen atoms in total. The molecule has 0 spiro atoms. The Bertz CT molecular complexity index is 927. The Balaban J connectivity index is 1.63. The molecule has 2 aromatic carbocycles. The summed E-state index contributed by atoms with van der Waals surface area (Å²) in [5, 5.41) is 2.42. The number of rotatable bonds is 5. The first-order chi connectivity index (χ1) is 13.4. The van der Waals surface area contributed by atoms with Gasteiger partial charge in [0.15, 0.2) is 18.1 Å². The molecule has 0 aromatic heterocycles. The van der Waals surface area contributed by atoms with Gasteiger partial charge in [-0.05, 0) is 36.4 Å². The minimum absolute atomic E-state index is 0.193. The van der Waals surface area contributed by atoms with Crippen LogP contribution in [-0.2, 0) is 9.53 Å². The van der Waals surface area contributed by atoms with Crippen LogP contribution in [-0.4, -0.2) is 37.5 Å². The average molecular weight is 387 g/mol. The Hall–Kier alpha value is -3.42. The molecular weight excluding hydrogens is 369 g/mol. The zero-order valence-electron chi connectivity index (χ0n) is 15.1. The van der Waals surface area contributed by atoms with Gasteiger partial charge in [0, 0.05) is 19.0 Å². The highest BCUT2D eigenvalue weighted by atomic mass is 19.1. The predicted octanol–water partition coefficient (Wildman–Crippen LogP) is 2.99. The third kappa shape index (κ3) is 4.64. The number of hydrogen-bond acceptors (Lipinski definition) is 6. The van der Waals surface area contributed by atoms with Crippen molar-refractivity contribution in [3.05, 3.63) is 53.3 Å². The van der Waals surface area contributed by atoms with E-state index < -0.39 is 24.2 Å². The standard InChI is InChI=1S/C20H18FNO6/c1-12(23)22-14-4-5-15(16(21)10-14)17(24)11-28-20(25)13-3-6-18-19(9-13)27-8-2-7-26-18/h3-6,9-10H,2,7-8,11H2,1H3,(H,22,23). The van der Waals surface area contributed by atoms with Gasteiger partial charge >= 0.3 is 5.97 Å². The number of ether oxygens (including phenoxy) is 3. The van der Waals surface area contributed by atoms with Crippen molar-refractivity contribution in [1.82, 2.24) is 0 Å². The molecule has 0 bridgehead atoms. The molecule has 0 saturated carbocycles. The van der Waals surface area contributed by atoms with Crippen molar-refractivity contribution in [3.8, 4) is 11.5 Å². The third-order valence-corrected chi connectivity index (χ3v) is 3.91. The van der Waals surface area contributed by atoms with Gasteiger partial charge in [0.25, 0.3) is 0 Å². The molecule has 0 fully saturated rings. The van der Waals surface area contributed by atoms with Gasteiger partial charge in [-0.25, -0.2) is 9.18 Å². The van der Waals surface area contributed by atoms with Gasteiger partial charge < -0.3 is 19.5 Å². The quantitative estimate of drug-likeness (QED) is 0.627. The van der Waals surface area contributed by atoms with E-state index in [1.807, 2.05) is 0 Å². The van der Waals surface area contributed by atoms with Crippen molar-refractivity contribution >= 4 is 23.3 Å². The Morgan fingerprint density at radius 1 is 1.07 bits per heavy atom. The normalized spacial score (nSPS) is 12.6. The van der Waals surface area contributed by atoms with Crippen molar-refractivity contribution in [2.75, 3.05) is 25.1 Å². The second-order valence-corrected chi connectivity index (χ2v) is 6.09. The highest BCUT2D eigenvalue weighted by molar-refractivity contribution is 6.00. The molecule has 28 heavy (non-hydrogen) atoms. The Morgan fingerprint density at radius 2 is 1.82 bits per heavy atom. The summed E-state index contributed by atoms with van der Waals surface area (Å²) in [7, 11) is 0. The van der Waals surface area contributed by atoms with Crippen LogP contribution in [0, 0.1) is 5.82 Å². The molecule has 1 aliphatic rings. The number of nitrogens with one attached hydrogen (secondary N) is 1. The van der Waals surface area contributed by atoms with Gasteiger partial charge in [-0.15, -0.1) is 0 Å². The maximum atomic E-state index is 14.1. The molecule has 2 aromatic rings. The van der Waals surface area contributed by atoms with E-state index in [2.05, 4.69) is 5.32 Å². The van der Waals surface area contributed by atoms with Crippen molar-refractivity contribution in [3.63, 3.8) is 0 Å². The Labute approximate surface area is 160 Å². The smallest absolute Gasteiger partial charge is 0.338 e. The van der Waals surface area contributed by atoms with Crippen LogP contribution in [0.25, 0.3) is 0 Å². The van der Waals surface area contributed by atoms with E-state index in [0.717, 1.165) is 12.5 Å². The SMILES string of the molecule is CC(=O)Nc1ccc(C(=O)COC(=O)c2ccc3c(c2)OCCCO3)c(F)c1. The molecule has 0 saturated heterocycles. The van der Waals surface area contributed by atoms with Crippen LogP contribution in [0.4, 0.5) is 10.1 Å². The Morgan fingerprint density at radius 3 is 2.54 bits per heavy atom. The molecule has 146 valence electrons. The summed E-state index contributed by atoms with van der Waals surface area (Å²) in [4.78, 5) is 35.4. The van der Waals surface area contributed by atoms with E-state index in [9.17, 15) is 18.8 Å². The van der Waals surface area contributed by atoms with Crippen molar-refractivity contribution in [2.45, 2.75) is 13.3 Å². The van der Waals surface area contributed by atoms with Crippen molar-refractivity contribution in [1.29, 1.82) is 0 Å². The number of fused-ring (bicyclic) bond motifs is 1. The number of halogens is 1. The molecule has 0 radical (unpaired) electrons. The average Bonchev–Trinajstić information content (AvgIpc) is 2.90. The maximum absolute atomic E-state index is 14.1. The molecule has 1 amide bonds. The van der Waals surface area contributed by atoms with Gasteiger partial charge in [0.05, 0.1) is 24.3 Å². The summed E-state index contributed by atoms with van der Waals surface area (Å²) in [5.41, 5.74) is 0.185. The zero-order valence-corrected chi connectivity index (χ0v) is 15.1.